The van der Waals surface area contributed by atoms with Gasteiger partial charge in [-0.1, -0.05) is 20.3 Å². The molecule has 0 saturated carbocycles. The summed E-state index contributed by atoms with van der Waals surface area (Å²) in [6.07, 6.45) is 4.09. The third-order valence-corrected chi connectivity index (χ3v) is 3.69. The van der Waals surface area contributed by atoms with Crippen molar-refractivity contribution in [2.45, 2.75) is 45.6 Å². The van der Waals surface area contributed by atoms with Gasteiger partial charge in [0.1, 0.15) is 0 Å². The summed E-state index contributed by atoms with van der Waals surface area (Å²) in [6.45, 7) is 8.29. The van der Waals surface area contributed by atoms with Crippen molar-refractivity contribution in [2.24, 2.45) is 11.7 Å². The average molecular weight is 255 g/mol. The molecular formula is C14H29N3O. The topological polar surface area (TPSA) is 49.6 Å². The van der Waals surface area contributed by atoms with Crippen molar-refractivity contribution in [3.05, 3.63) is 0 Å². The maximum absolute atomic E-state index is 12.1. The lowest BCUT2D eigenvalue weighted by Crippen LogP contribution is -2.43. The van der Waals surface area contributed by atoms with E-state index in [0.29, 0.717) is 5.92 Å². The van der Waals surface area contributed by atoms with E-state index >= 15 is 0 Å². The summed E-state index contributed by atoms with van der Waals surface area (Å²) in [5.41, 5.74) is 5.90. The Balaban J connectivity index is 2.34. The molecule has 0 aromatic carbocycles. The Morgan fingerprint density at radius 1 is 1.44 bits per heavy atom. The fourth-order valence-corrected chi connectivity index (χ4v) is 2.76. The van der Waals surface area contributed by atoms with Gasteiger partial charge in [-0.05, 0) is 38.8 Å². The van der Waals surface area contributed by atoms with E-state index in [-0.39, 0.29) is 11.9 Å². The van der Waals surface area contributed by atoms with Crippen molar-refractivity contribution in [3.8, 4) is 0 Å². The standard InChI is InChI=1S/C14H29N3O/c1-4-6-13(15)14(18)17-9-7-12(11-17)10-16(3)8-5-2/h12-13H,4-11,15H2,1-3H3. The van der Waals surface area contributed by atoms with Gasteiger partial charge in [-0.3, -0.25) is 4.79 Å². The first-order valence-electron chi connectivity index (χ1n) is 7.31. The molecule has 2 unspecified atom stereocenters. The zero-order valence-corrected chi connectivity index (χ0v) is 12.2. The lowest BCUT2D eigenvalue weighted by Gasteiger charge is -2.22. The van der Waals surface area contributed by atoms with Gasteiger partial charge in [-0.2, -0.15) is 0 Å². The van der Waals surface area contributed by atoms with Crippen LogP contribution in [0.1, 0.15) is 39.5 Å². The molecule has 1 aliphatic rings. The largest absolute Gasteiger partial charge is 0.341 e. The molecule has 1 fully saturated rings. The third-order valence-electron chi connectivity index (χ3n) is 3.69. The molecule has 1 amide bonds. The average Bonchev–Trinajstić information content (AvgIpc) is 2.77. The summed E-state index contributed by atoms with van der Waals surface area (Å²) in [5.74, 6) is 0.775. The summed E-state index contributed by atoms with van der Waals surface area (Å²) >= 11 is 0. The zero-order chi connectivity index (χ0) is 13.5. The molecule has 1 heterocycles. The summed E-state index contributed by atoms with van der Waals surface area (Å²) < 4.78 is 0. The van der Waals surface area contributed by atoms with E-state index in [0.717, 1.165) is 45.4 Å². The van der Waals surface area contributed by atoms with Crippen LogP contribution in [0, 0.1) is 5.92 Å². The Hall–Kier alpha value is -0.610. The maximum Gasteiger partial charge on any atom is 0.239 e. The van der Waals surface area contributed by atoms with Crippen LogP contribution < -0.4 is 5.73 Å². The van der Waals surface area contributed by atoms with Crippen LogP contribution in [0.3, 0.4) is 0 Å². The van der Waals surface area contributed by atoms with Crippen molar-refractivity contribution in [1.82, 2.24) is 9.80 Å². The molecule has 0 bridgehead atoms. The highest BCUT2D eigenvalue weighted by atomic mass is 16.2. The lowest BCUT2D eigenvalue weighted by molar-refractivity contribution is -0.131. The fraction of sp³-hybridized carbons (Fsp3) is 0.929. The highest BCUT2D eigenvalue weighted by molar-refractivity contribution is 5.81. The number of nitrogens with two attached hydrogens (primary N) is 1. The number of hydrogen-bond donors (Lipinski definition) is 1. The minimum atomic E-state index is -0.290. The molecule has 0 aromatic heterocycles. The van der Waals surface area contributed by atoms with Crippen LogP contribution in [0.15, 0.2) is 0 Å². The predicted octanol–water partition coefficient (Wildman–Crippen LogP) is 1.30. The Bertz CT molecular complexity index is 257. The van der Waals surface area contributed by atoms with Crippen molar-refractivity contribution < 1.29 is 4.79 Å². The highest BCUT2D eigenvalue weighted by Gasteiger charge is 2.29. The van der Waals surface area contributed by atoms with Crippen molar-refractivity contribution in [2.75, 3.05) is 33.2 Å². The third kappa shape index (κ3) is 4.58. The first kappa shape index (κ1) is 15.4. The molecule has 2 N–H and O–H groups in total. The van der Waals surface area contributed by atoms with E-state index in [9.17, 15) is 4.79 Å². The molecule has 0 aromatic rings. The van der Waals surface area contributed by atoms with Gasteiger partial charge < -0.3 is 15.5 Å². The highest BCUT2D eigenvalue weighted by Crippen LogP contribution is 2.18. The second kappa shape index (κ2) is 7.74. The minimum Gasteiger partial charge on any atom is -0.341 e. The second-order valence-corrected chi connectivity index (χ2v) is 5.60. The Morgan fingerprint density at radius 2 is 2.17 bits per heavy atom. The van der Waals surface area contributed by atoms with Crippen LogP contribution in [0.25, 0.3) is 0 Å². The Kier molecular flexibility index (Phi) is 6.65. The molecule has 1 aliphatic heterocycles. The van der Waals surface area contributed by atoms with E-state index in [1.54, 1.807) is 0 Å². The van der Waals surface area contributed by atoms with Gasteiger partial charge in [0.2, 0.25) is 5.91 Å². The van der Waals surface area contributed by atoms with Crippen LogP contribution in [0.5, 0.6) is 0 Å². The number of nitrogens with zero attached hydrogens (tertiary/aromatic N) is 2. The molecular weight excluding hydrogens is 226 g/mol. The predicted molar refractivity (Wildman–Crippen MR) is 75.4 cm³/mol. The Labute approximate surface area is 111 Å². The van der Waals surface area contributed by atoms with Gasteiger partial charge in [0.25, 0.3) is 0 Å². The summed E-state index contributed by atoms with van der Waals surface area (Å²) in [6, 6.07) is -0.290. The Morgan fingerprint density at radius 3 is 2.78 bits per heavy atom. The van der Waals surface area contributed by atoms with E-state index in [1.165, 1.54) is 6.42 Å². The number of likely N-dealkylation sites (tertiary alicyclic amines) is 1. The SMILES string of the molecule is CCCC(N)C(=O)N1CCC(CN(C)CCC)C1. The van der Waals surface area contributed by atoms with E-state index < -0.39 is 0 Å². The molecule has 0 aliphatic carbocycles. The number of carbonyl (C=O) groups is 1. The fourth-order valence-electron chi connectivity index (χ4n) is 2.76. The van der Waals surface area contributed by atoms with Gasteiger partial charge in [0.05, 0.1) is 6.04 Å². The van der Waals surface area contributed by atoms with Crippen molar-refractivity contribution >= 4 is 5.91 Å². The molecule has 2 atom stereocenters. The number of rotatable bonds is 7. The van der Waals surface area contributed by atoms with Crippen molar-refractivity contribution in [3.63, 3.8) is 0 Å². The van der Waals surface area contributed by atoms with Gasteiger partial charge in [-0.15, -0.1) is 0 Å². The zero-order valence-electron chi connectivity index (χ0n) is 12.2. The summed E-state index contributed by atoms with van der Waals surface area (Å²) in [4.78, 5) is 16.4. The molecule has 1 saturated heterocycles. The summed E-state index contributed by atoms with van der Waals surface area (Å²) in [7, 11) is 2.16. The number of carbonyl (C=O) groups excluding carboxylic acids is 1. The number of hydrogen-bond acceptors (Lipinski definition) is 3. The van der Waals surface area contributed by atoms with Crippen LogP contribution in [0.2, 0.25) is 0 Å². The van der Waals surface area contributed by atoms with Gasteiger partial charge in [-0.25, -0.2) is 0 Å². The first-order valence-corrected chi connectivity index (χ1v) is 7.31. The maximum atomic E-state index is 12.1. The molecule has 0 spiro atoms. The van der Waals surface area contributed by atoms with Crippen LogP contribution in [-0.2, 0) is 4.79 Å². The van der Waals surface area contributed by atoms with Crippen molar-refractivity contribution in [1.29, 1.82) is 0 Å². The first-order chi connectivity index (χ1) is 8.58. The van der Waals surface area contributed by atoms with E-state index in [1.807, 2.05) is 4.90 Å². The van der Waals surface area contributed by atoms with Crippen LogP contribution in [-0.4, -0.2) is 55.0 Å². The van der Waals surface area contributed by atoms with Crippen LogP contribution >= 0.6 is 0 Å². The molecule has 4 nitrogen and oxygen atoms in total. The van der Waals surface area contributed by atoms with Gasteiger partial charge in [0.15, 0.2) is 0 Å². The monoisotopic (exact) mass is 255 g/mol. The van der Waals surface area contributed by atoms with Crippen LogP contribution in [0.4, 0.5) is 0 Å². The molecule has 0 radical (unpaired) electrons. The van der Waals surface area contributed by atoms with Gasteiger partial charge in [0, 0.05) is 19.6 Å². The number of amides is 1. The second-order valence-electron chi connectivity index (χ2n) is 5.60. The molecule has 1 rings (SSSR count). The van der Waals surface area contributed by atoms with Gasteiger partial charge >= 0.3 is 0 Å². The smallest absolute Gasteiger partial charge is 0.239 e. The van der Waals surface area contributed by atoms with E-state index in [4.69, 9.17) is 5.73 Å². The quantitative estimate of drug-likeness (QED) is 0.746. The molecule has 106 valence electrons. The van der Waals surface area contributed by atoms with E-state index in [2.05, 4.69) is 25.8 Å². The summed E-state index contributed by atoms with van der Waals surface area (Å²) in [5, 5.41) is 0. The minimum absolute atomic E-state index is 0.150. The molecule has 4 heteroatoms. The lowest BCUT2D eigenvalue weighted by atomic mass is 10.1. The normalized spacial score (nSPS) is 21.6. The molecule has 18 heavy (non-hydrogen) atoms.